The van der Waals surface area contributed by atoms with Crippen molar-refractivity contribution in [1.82, 2.24) is 0 Å². The predicted molar refractivity (Wildman–Crippen MR) is 99.0 cm³/mol. The molecule has 140 valence electrons. The van der Waals surface area contributed by atoms with Crippen molar-refractivity contribution in [1.29, 1.82) is 0 Å². The molecule has 1 heterocycles. The van der Waals surface area contributed by atoms with Gasteiger partial charge in [0, 0.05) is 18.3 Å². The van der Waals surface area contributed by atoms with Crippen LogP contribution in [0.4, 0.5) is 14.5 Å². The van der Waals surface area contributed by atoms with Crippen molar-refractivity contribution < 1.29 is 18.3 Å². The van der Waals surface area contributed by atoms with Crippen molar-refractivity contribution in [2.75, 3.05) is 31.8 Å². The van der Waals surface area contributed by atoms with E-state index in [4.69, 9.17) is 9.47 Å². The van der Waals surface area contributed by atoms with Gasteiger partial charge in [-0.15, -0.1) is 0 Å². The summed E-state index contributed by atoms with van der Waals surface area (Å²) in [4.78, 5) is 2.13. The maximum atomic E-state index is 13.6. The number of ether oxygens (including phenoxy) is 2. The first-order chi connectivity index (χ1) is 12.6. The molecule has 2 atom stereocenters. The molecule has 1 saturated heterocycles. The monoisotopic (exact) mass is 361 g/mol. The van der Waals surface area contributed by atoms with Gasteiger partial charge in [-0.05, 0) is 48.6 Å². The van der Waals surface area contributed by atoms with Gasteiger partial charge in [0.05, 0.1) is 26.4 Å². The van der Waals surface area contributed by atoms with Crippen LogP contribution in [0.1, 0.15) is 31.2 Å². The Morgan fingerprint density at radius 2 is 2.04 bits per heavy atom. The lowest BCUT2D eigenvalue weighted by molar-refractivity contribution is 0.0904. The summed E-state index contributed by atoms with van der Waals surface area (Å²) in [6, 6.07) is 12.4. The van der Waals surface area contributed by atoms with Gasteiger partial charge in [-0.1, -0.05) is 19.1 Å². The minimum absolute atomic E-state index is 0.154. The Hall–Kier alpha value is -2.14. The van der Waals surface area contributed by atoms with E-state index in [1.807, 2.05) is 12.1 Å². The molecule has 26 heavy (non-hydrogen) atoms. The molecule has 1 unspecified atom stereocenters. The van der Waals surface area contributed by atoms with E-state index in [2.05, 4.69) is 24.0 Å². The molecule has 1 fully saturated rings. The Morgan fingerprint density at radius 3 is 2.81 bits per heavy atom. The van der Waals surface area contributed by atoms with Crippen LogP contribution < -0.4 is 9.64 Å². The smallest absolute Gasteiger partial charge is 0.160 e. The Morgan fingerprint density at radius 1 is 1.19 bits per heavy atom. The van der Waals surface area contributed by atoms with E-state index in [-0.39, 0.29) is 6.04 Å². The molecule has 0 bridgehead atoms. The lowest BCUT2D eigenvalue weighted by Crippen LogP contribution is -2.45. The highest BCUT2D eigenvalue weighted by Gasteiger charge is 2.24. The molecule has 1 aliphatic heterocycles. The molecule has 2 aromatic rings. The number of rotatable bonds is 6. The van der Waals surface area contributed by atoms with Crippen molar-refractivity contribution in [3.05, 3.63) is 59.7 Å². The van der Waals surface area contributed by atoms with Gasteiger partial charge in [0.2, 0.25) is 0 Å². The molecular formula is C21H25F2NO2. The van der Waals surface area contributed by atoms with Crippen LogP contribution in [0.5, 0.6) is 5.75 Å². The number of anilines is 1. The topological polar surface area (TPSA) is 21.7 Å². The van der Waals surface area contributed by atoms with Gasteiger partial charge in [-0.25, -0.2) is 8.78 Å². The van der Waals surface area contributed by atoms with Crippen molar-refractivity contribution in [2.24, 2.45) is 0 Å². The number of hydrogen-bond acceptors (Lipinski definition) is 3. The molecule has 0 spiro atoms. The molecule has 2 aromatic carbocycles. The van der Waals surface area contributed by atoms with Gasteiger partial charge in [-0.3, -0.25) is 0 Å². The Labute approximate surface area is 153 Å². The summed E-state index contributed by atoms with van der Waals surface area (Å²) in [5.41, 5.74) is 1.95. The van der Waals surface area contributed by atoms with Gasteiger partial charge in [0.25, 0.3) is 0 Å². The van der Waals surface area contributed by atoms with Crippen molar-refractivity contribution in [2.45, 2.75) is 31.7 Å². The van der Waals surface area contributed by atoms with Gasteiger partial charge in [0.15, 0.2) is 11.6 Å². The van der Waals surface area contributed by atoms with Crippen LogP contribution in [0.25, 0.3) is 0 Å². The van der Waals surface area contributed by atoms with E-state index in [0.717, 1.165) is 18.6 Å². The Bertz CT molecular complexity index is 738. The van der Waals surface area contributed by atoms with E-state index >= 15 is 0 Å². The van der Waals surface area contributed by atoms with Crippen LogP contribution in [0.3, 0.4) is 0 Å². The average Bonchev–Trinajstić information content (AvgIpc) is 2.68. The third kappa shape index (κ3) is 4.33. The fraction of sp³-hybridized carbons (Fsp3) is 0.429. The highest BCUT2D eigenvalue weighted by Crippen LogP contribution is 2.29. The van der Waals surface area contributed by atoms with E-state index in [9.17, 15) is 8.78 Å². The maximum absolute atomic E-state index is 13.6. The van der Waals surface area contributed by atoms with E-state index in [0.29, 0.717) is 31.4 Å². The molecule has 0 N–H and O–H groups in total. The fourth-order valence-electron chi connectivity index (χ4n) is 3.45. The molecule has 0 radical (unpaired) electrons. The highest BCUT2D eigenvalue weighted by molar-refractivity contribution is 5.48. The summed E-state index contributed by atoms with van der Waals surface area (Å²) in [7, 11) is 1.67. The number of hydrogen-bond donors (Lipinski definition) is 0. The fourth-order valence-corrected chi connectivity index (χ4v) is 3.45. The second kappa shape index (κ2) is 8.49. The van der Waals surface area contributed by atoms with Crippen LogP contribution >= 0.6 is 0 Å². The summed E-state index contributed by atoms with van der Waals surface area (Å²) in [6.45, 7) is 4.08. The zero-order chi connectivity index (χ0) is 18.5. The minimum atomic E-state index is -0.815. The summed E-state index contributed by atoms with van der Waals surface area (Å²) in [5, 5.41) is 0. The second-order valence-electron chi connectivity index (χ2n) is 6.78. The first-order valence-electron chi connectivity index (χ1n) is 9.02. The third-order valence-corrected chi connectivity index (χ3v) is 5.06. The number of morpholine rings is 1. The highest BCUT2D eigenvalue weighted by atomic mass is 19.2. The second-order valence-corrected chi connectivity index (χ2v) is 6.78. The van der Waals surface area contributed by atoms with Crippen LogP contribution in [0.2, 0.25) is 0 Å². The summed E-state index contributed by atoms with van der Waals surface area (Å²) < 4.78 is 37.8. The number of benzene rings is 2. The number of nitrogens with zero attached hydrogens (tertiary/aromatic N) is 1. The van der Waals surface area contributed by atoms with Crippen LogP contribution in [-0.2, 0) is 4.74 Å². The average molecular weight is 361 g/mol. The molecule has 0 amide bonds. The van der Waals surface area contributed by atoms with Crippen LogP contribution in [0.15, 0.2) is 42.5 Å². The van der Waals surface area contributed by atoms with E-state index in [1.54, 1.807) is 13.2 Å². The number of halogens is 2. The largest absolute Gasteiger partial charge is 0.497 e. The summed E-state index contributed by atoms with van der Waals surface area (Å²) in [5.74, 6) is -0.389. The quantitative estimate of drug-likeness (QED) is 0.740. The van der Waals surface area contributed by atoms with Crippen molar-refractivity contribution in [3.63, 3.8) is 0 Å². The SMILES string of the molecule is COc1cccc([C@@H](C)CCC2COCCN2c2ccc(F)c(F)c2)c1. The van der Waals surface area contributed by atoms with Gasteiger partial charge < -0.3 is 14.4 Å². The maximum Gasteiger partial charge on any atom is 0.160 e. The molecular weight excluding hydrogens is 336 g/mol. The van der Waals surface area contributed by atoms with Crippen LogP contribution in [-0.4, -0.2) is 32.9 Å². The molecule has 1 aliphatic rings. The molecule has 0 aromatic heterocycles. The molecule has 3 nitrogen and oxygen atoms in total. The lowest BCUT2D eigenvalue weighted by atomic mass is 9.93. The molecule has 5 heteroatoms. The van der Waals surface area contributed by atoms with E-state index in [1.165, 1.54) is 17.7 Å². The van der Waals surface area contributed by atoms with Crippen LogP contribution in [0, 0.1) is 11.6 Å². The van der Waals surface area contributed by atoms with E-state index < -0.39 is 11.6 Å². The minimum Gasteiger partial charge on any atom is -0.497 e. The van der Waals surface area contributed by atoms with Gasteiger partial charge in [0.1, 0.15) is 5.75 Å². The molecule has 0 aliphatic carbocycles. The third-order valence-electron chi connectivity index (χ3n) is 5.06. The van der Waals surface area contributed by atoms with Gasteiger partial charge in [-0.2, -0.15) is 0 Å². The standard InChI is InChI=1S/C21H25F2NO2/c1-15(16-4-3-5-19(12-16)25-2)6-7-18-14-26-11-10-24(18)17-8-9-20(22)21(23)13-17/h3-5,8-9,12-13,15,18H,6-7,10-11,14H2,1-2H3/t15-,18?/m0/s1. The van der Waals surface area contributed by atoms with Gasteiger partial charge >= 0.3 is 0 Å². The first kappa shape index (κ1) is 18.6. The first-order valence-corrected chi connectivity index (χ1v) is 9.02. The predicted octanol–water partition coefficient (Wildman–Crippen LogP) is 4.76. The van der Waals surface area contributed by atoms with Crippen molar-refractivity contribution >= 4 is 5.69 Å². The molecule has 3 rings (SSSR count). The Kier molecular flexibility index (Phi) is 6.09. The molecule has 0 saturated carbocycles. The zero-order valence-corrected chi connectivity index (χ0v) is 15.3. The zero-order valence-electron chi connectivity index (χ0n) is 15.3. The van der Waals surface area contributed by atoms with Crippen molar-refractivity contribution in [3.8, 4) is 5.75 Å². The summed E-state index contributed by atoms with van der Waals surface area (Å²) >= 11 is 0. The normalized spacial score (nSPS) is 18.6. The lowest BCUT2D eigenvalue weighted by Gasteiger charge is -2.38. The summed E-state index contributed by atoms with van der Waals surface area (Å²) in [6.07, 6.45) is 1.89. The number of methoxy groups -OCH3 is 1. The Balaban J connectivity index is 1.67.